The SMILES string of the molecule is CCC(=O)Nc1c(NC(C)=O)cccc1C(N)=O. The maximum atomic E-state index is 11.4. The average molecular weight is 249 g/mol. The summed E-state index contributed by atoms with van der Waals surface area (Å²) in [6.45, 7) is 3.02. The second-order valence-electron chi connectivity index (χ2n) is 3.68. The van der Waals surface area contributed by atoms with E-state index in [1.165, 1.54) is 13.0 Å². The second-order valence-corrected chi connectivity index (χ2v) is 3.68. The Bertz CT molecular complexity index is 497. The Hall–Kier alpha value is -2.37. The highest BCUT2D eigenvalue weighted by molar-refractivity contribution is 6.08. The number of amides is 3. The first-order chi connectivity index (χ1) is 8.45. The number of carbonyl (C=O) groups excluding carboxylic acids is 3. The molecule has 0 heterocycles. The number of para-hydroxylation sites is 1. The van der Waals surface area contributed by atoms with Gasteiger partial charge in [0.2, 0.25) is 11.8 Å². The number of anilines is 2. The Kier molecular flexibility index (Phi) is 4.42. The summed E-state index contributed by atoms with van der Waals surface area (Å²) in [5, 5.41) is 5.10. The molecule has 96 valence electrons. The summed E-state index contributed by atoms with van der Waals surface area (Å²) < 4.78 is 0. The summed E-state index contributed by atoms with van der Waals surface area (Å²) in [5.74, 6) is -1.24. The molecular formula is C12H15N3O3. The quantitative estimate of drug-likeness (QED) is 0.744. The van der Waals surface area contributed by atoms with E-state index in [1.54, 1.807) is 19.1 Å². The molecule has 0 aliphatic carbocycles. The van der Waals surface area contributed by atoms with E-state index in [-0.39, 0.29) is 29.5 Å². The lowest BCUT2D eigenvalue weighted by Gasteiger charge is -2.14. The fraction of sp³-hybridized carbons (Fsp3) is 0.250. The molecule has 1 aromatic carbocycles. The van der Waals surface area contributed by atoms with Crippen LogP contribution in [-0.4, -0.2) is 17.7 Å². The third-order valence-electron chi connectivity index (χ3n) is 2.23. The van der Waals surface area contributed by atoms with E-state index < -0.39 is 5.91 Å². The highest BCUT2D eigenvalue weighted by atomic mass is 16.2. The maximum absolute atomic E-state index is 11.4. The molecule has 0 bridgehead atoms. The standard InChI is InChI=1S/C12H15N3O3/c1-3-10(17)15-11-8(12(13)18)5-4-6-9(11)14-7(2)16/h4-6H,3H2,1-2H3,(H2,13,18)(H,14,16)(H,15,17). The van der Waals surface area contributed by atoms with Gasteiger partial charge in [0.1, 0.15) is 0 Å². The van der Waals surface area contributed by atoms with Crippen LogP contribution in [0.1, 0.15) is 30.6 Å². The maximum Gasteiger partial charge on any atom is 0.250 e. The predicted octanol–water partition coefficient (Wildman–Crippen LogP) is 1.09. The van der Waals surface area contributed by atoms with Crippen LogP contribution in [0, 0.1) is 0 Å². The summed E-state index contributed by atoms with van der Waals surface area (Å²) in [6, 6.07) is 4.64. The molecule has 0 saturated heterocycles. The third-order valence-corrected chi connectivity index (χ3v) is 2.23. The van der Waals surface area contributed by atoms with Gasteiger partial charge in [0.15, 0.2) is 0 Å². The number of nitrogens with two attached hydrogens (primary N) is 1. The highest BCUT2D eigenvalue weighted by Crippen LogP contribution is 2.26. The van der Waals surface area contributed by atoms with Crippen molar-refractivity contribution in [2.75, 3.05) is 10.6 Å². The molecule has 0 atom stereocenters. The zero-order valence-electron chi connectivity index (χ0n) is 10.2. The molecule has 0 aliphatic rings. The number of nitrogens with one attached hydrogen (secondary N) is 2. The summed E-state index contributed by atoms with van der Waals surface area (Å²) in [4.78, 5) is 33.8. The topological polar surface area (TPSA) is 101 Å². The first-order valence-corrected chi connectivity index (χ1v) is 5.46. The fourth-order valence-corrected chi connectivity index (χ4v) is 1.41. The summed E-state index contributed by atoms with van der Waals surface area (Å²) >= 11 is 0. The van der Waals surface area contributed by atoms with Crippen LogP contribution in [0.2, 0.25) is 0 Å². The van der Waals surface area contributed by atoms with Crippen LogP contribution in [-0.2, 0) is 9.59 Å². The van der Waals surface area contributed by atoms with E-state index in [1.807, 2.05) is 0 Å². The van der Waals surface area contributed by atoms with Crippen molar-refractivity contribution < 1.29 is 14.4 Å². The first-order valence-electron chi connectivity index (χ1n) is 5.46. The lowest BCUT2D eigenvalue weighted by atomic mass is 10.1. The number of rotatable bonds is 4. The number of carbonyl (C=O) groups is 3. The van der Waals surface area contributed by atoms with Crippen molar-refractivity contribution >= 4 is 29.1 Å². The fourth-order valence-electron chi connectivity index (χ4n) is 1.41. The molecule has 6 heteroatoms. The van der Waals surface area contributed by atoms with Crippen molar-refractivity contribution in [1.82, 2.24) is 0 Å². The van der Waals surface area contributed by atoms with Gasteiger partial charge in [-0.05, 0) is 12.1 Å². The van der Waals surface area contributed by atoms with Crippen molar-refractivity contribution in [2.45, 2.75) is 20.3 Å². The van der Waals surface area contributed by atoms with Crippen molar-refractivity contribution in [3.8, 4) is 0 Å². The van der Waals surface area contributed by atoms with Crippen LogP contribution in [0.3, 0.4) is 0 Å². The average Bonchev–Trinajstić information content (AvgIpc) is 2.30. The monoisotopic (exact) mass is 249 g/mol. The number of hydrogen-bond acceptors (Lipinski definition) is 3. The lowest BCUT2D eigenvalue weighted by Crippen LogP contribution is -2.20. The molecule has 0 radical (unpaired) electrons. The van der Waals surface area contributed by atoms with Gasteiger partial charge in [-0.2, -0.15) is 0 Å². The normalized spacial score (nSPS) is 9.67. The van der Waals surface area contributed by atoms with Crippen LogP contribution in [0.5, 0.6) is 0 Å². The van der Waals surface area contributed by atoms with Gasteiger partial charge in [-0.1, -0.05) is 13.0 Å². The van der Waals surface area contributed by atoms with Crippen molar-refractivity contribution in [3.63, 3.8) is 0 Å². The second kappa shape index (κ2) is 5.81. The van der Waals surface area contributed by atoms with Gasteiger partial charge in [-0.25, -0.2) is 0 Å². The number of hydrogen-bond donors (Lipinski definition) is 3. The zero-order chi connectivity index (χ0) is 13.7. The van der Waals surface area contributed by atoms with E-state index in [0.29, 0.717) is 5.69 Å². The Morgan fingerprint density at radius 2 is 1.89 bits per heavy atom. The Labute approximate surface area is 105 Å². The van der Waals surface area contributed by atoms with Crippen molar-refractivity contribution in [2.24, 2.45) is 5.73 Å². The van der Waals surface area contributed by atoms with Crippen LogP contribution >= 0.6 is 0 Å². The van der Waals surface area contributed by atoms with E-state index in [0.717, 1.165) is 0 Å². The van der Waals surface area contributed by atoms with Crippen molar-refractivity contribution in [1.29, 1.82) is 0 Å². The zero-order valence-corrected chi connectivity index (χ0v) is 10.2. The van der Waals surface area contributed by atoms with Crippen LogP contribution in [0.4, 0.5) is 11.4 Å². The van der Waals surface area contributed by atoms with Gasteiger partial charge in [0.25, 0.3) is 5.91 Å². The molecule has 1 rings (SSSR count). The molecule has 6 nitrogen and oxygen atoms in total. The summed E-state index contributed by atoms with van der Waals surface area (Å²) in [5.41, 5.74) is 5.96. The molecule has 4 N–H and O–H groups in total. The molecule has 18 heavy (non-hydrogen) atoms. The van der Waals surface area contributed by atoms with Gasteiger partial charge in [0.05, 0.1) is 16.9 Å². The smallest absolute Gasteiger partial charge is 0.250 e. The molecule has 1 aromatic rings. The van der Waals surface area contributed by atoms with E-state index in [9.17, 15) is 14.4 Å². The Balaban J connectivity index is 3.24. The van der Waals surface area contributed by atoms with E-state index in [4.69, 9.17) is 5.73 Å². The minimum absolute atomic E-state index is 0.156. The molecule has 0 fully saturated rings. The first kappa shape index (κ1) is 13.7. The van der Waals surface area contributed by atoms with Gasteiger partial charge in [-0.15, -0.1) is 0 Å². The largest absolute Gasteiger partial charge is 0.366 e. The highest BCUT2D eigenvalue weighted by Gasteiger charge is 2.15. The molecule has 0 saturated carbocycles. The van der Waals surface area contributed by atoms with Crippen LogP contribution in [0.15, 0.2) is 18.2 Å². The minimum atomic E-state index is -0.673. The van der Waals surface area contributed by atoms with Crippen molar-refractivity contribution in [3.05, 3.63) is 23.8 Å². The van der Waals surface area contributed by atoms with Gasteiger partial charge >= 0.3 is 0 Å². The Morgan fingerprint density at radius 3 is 2.39 bits per heavy atom. The molecule has 0 aromatic heterocycles. The van der Waals surface area contributed by atoms with Crippen LogP contribution < -0.4 is 16.4 Å². The van der Waals surface area contributed by atoms with E-state index in [2.05, 4.69) is 10.6 Å². The molecule has 0 unspecified atom stereocenters. The molecule has 3 amide bonds. The summed E-state index contributed by atoms with van der Waals surface area (Å²) in [6.07, 6.45) is 0.257. The summed E-state index contributed by atoms with van der Waals surface area (Å²) in [7, 11) is 0. The molecular weight excluding hydrogens is 234 g/mol. The van der Waals surface area contributed by atoms with E-state index >= 15 is 0 Å². The molecule has 0 aliphatic heterocycles. The number of benzene rings is 1. The number of primary amides is 1. The van der Waals surface area contributed by atoms with Gasteiger partial charge < -0.3 is 16.4 Å². The van der Waals surface area contributed by atoms with Gasteiger partial charge in [0, 0.05) is 13.3 Å². The molecule has 0 spiro atoms. The van der Waals surface area contributed by atoms with Crippen LogP contribution in [0.25, 0.3) is 0 Å². The Morgan fingerprint density at radius 1 is 1.22 bits per heavy atom. The third kappa shape index (κ3) is 3.31. The minimum Gasteiger partial charge on any atom is -0.366 e. The predicted molar refractivity (Wildman–Crippen MR) is 68.2 cm³/mol. The van der Waals surface area contributed by atoms with Gasteiger partial charge in [-0.3, -0.25) is 14.4 Å². The lowest BCUT2D eigenvalue weighted by molar-refractivity contribution is -0.116.